The second kappa shape index (κ2) is 5.90. The van der Waals surface area contributed by atoms with E-state index < -0.39 is 10.0 Å². The Balaban J connectivity index is 2.16. The zero-order valence-corrected chi connectivity index (χ0v) is 11.8. The third kappa shape index (κ3) is 3.26. The molecule has 106 valence electrons. The monoisotopic (exact) mass is 285 g/mol. The Labute approximate surface area is 113 Å². The van der Waals surface area contributed by atoms with Crippen LogP contribution in [0.5, 0.6) is 5.75 Å². The van der Waals surface area contributed by atoms with Crippen molar-refractivity contribution in [2.45, 2.75) is 30.7 Å². The SMILES string of the molecule is CCN(C1CC1)S(=O)(=O)c1ccc(OCCO)cc1. The van der Waals surface area contributed by atoms with Gasteiger partial charge in [0.25, 0.3) is 0 Å². The molecule has 1 saturated carbocycles. The van der Waals surface area contributed by atoms with Gasteiger partial charge in [0.1, 0.15) is 12.4 Å². The molecule has 0 bridgehead atoms. The summed E-state index contributed by atoms with van der Waals surface area (Å²) in [5.74, 6) is 0.558. The van der Waals surface area contributed by atoms with Gasteiger partial charge in [-0.15, -0.1) is 0 Å². The molecule has 0 aliphatic heterocycles. The molecule has 1 aromatic carbocycles. The molecule has 0 heterocycles. The largest absolute Gasteiger partial charge is 0.491 e. The number of rotatable bonds is 7. The first-order chi connectivity index (χ1) is 9.09. The molecule has 1 aliphatic rings. The molecule has 1 fully saturated rings. The summed E-state index contributed by atoms with van der Waals surface area (Å²) in [7, 11) is -3.40. The highest BCUT2D eigenvalue weighted by Crippen LogP contribution is 2.32. The fourth-order valence-corrected chi connectivity index (χ4v) is 3.69. The first-order valence-corrected chi connectivity index (χ1v) is 7.89. The van der Waals surface area contributed by atoms with Gasteiger partial charge in [-0.2, -0.15) is 4.31 Å². The Kier molecular flexibility index (Phi) is 4.44. The van der Waals surface area contributed by atoms with Gasteiger partial charge in [0.05, 0.1) is 11.5 Å². The van der Waals surface area contributed by atoms with E-state index in [1.54, 1.807) is 28.6 Å². The van der Waals surface area contributed by atoms with Crippen molar-refractivity contribution < 1.29 is 18.3 Å². The van der Waals surface area contributed by atoms with Gasteiger partial charge >= 0.3 is 0 Å². The molecular formula is C13H19NO4S. The average Bonchev–Trinajstić information content (AvgIpc) is 3.22. The quantitative estimate of drug-likeness (QED) is 0.818. The number of aliphatic hydroxyl groups is 1. The molecule has 0 aromatic heterocycles. The van der Waals surface area contributed by atoms with E-state index in [-0.39, 0.29) is 24.2 Å². The first-order valence-electron chi connectivity index (χ1n) is 6.45. The van der Waals surface area contributed by atoms with Crippen LogP contribution in [0, 0.1) is 0 Å². The van der Waals surface area contributed by atoms with E-state index in [0.717, 1.165) is 12.8 Å². The highest BCUT2D eigenvalue weighted by atomic mass is 32.2. The Morgan fingerprint density at radius 3 is 2.42 bits per heavy atom. The molecule has 1 aromatic rings. The van der Waals surface area contributed by atoms with E-state index in [1.807, 2.05) is 6.92 Å². The van der Waals surface area contributed by atoms with Gasteiger partial charge in [0.2, 0.25) is 10.0 Å². The smallest absolute Gasteiger partial charge is 0.243 e. The fraction of sp³-hybridized carbons (Fsp3) is 0.538. The maximum atomic E-state index is 12.4. The third-order valence-corrected chi connectivity index (χ3v) is 5.10. The topological polar surface area (TPSA) is 66.8 Å². The van der Waals surface area contributed by atoms with Crippen LogP contribution in [0.4, 0.5) is 0 Å². The Morgan fingerprint density at radius 1 is 1.32 bits per heavy atom. The van der Waals surface area contributed by atoms with E-state index >= 15 is 0 Å². The Bertz CT molecular complexity index is 508. The van der Waals surface area contributed by atoms with Crippen LogP contribution in [-0.2, 0) is 10.0 Å². The summed E-state index contributed by atoms with van der Waals surface area (Å²) in [5, 5.41) is 8.66. The average molecular weight is 285 g/mol. The van der Waals surface area contributed by atoms with Crippen molar-refractivity contribution in [1.29, 1.82) is 0 Å². The lowest BCUT2D eigenvalue weighted by molar-refractivity contribution is 0.201. The van der Waals surface area contributed by atoms with Gasteiger partial charge in [0.15, 0.2) is 0 Å². The fourth-order valence-electron chi connectivity index (χ4n) is 1.99. The highest BCUT2D eigenvalue weighted by molar-refractivity contribution is 7.89. The van der Waals surface area contributed by atoms with Crippen LogP contribution in [-0.4, -0.2) is 43.6 Å². The van der Waals surface area contributed by atoms with Crippen LogP contribution in [0.2, 0.25) is 0 Å². The van der Waals surface area contributed by atoms with Crippen molar-refractivity contribution in [2.24, 2.45) is 0 Å². The van der Waals surface area contributed by atoms with E-state index in [9.17, 15) is 8.42 Å². The van der Waals surface area contributed by atoms with Gasteiger partial charge in [-0.25, -0.2) is 8.42 Å². The third-order valence-electron chi connectivity index (χ3n) is 3.06. The van der Waals surface area contributed by atoms with Crippen LogP contribution >= 0.6 is 0 Å². The van der Waals surface area contributed by atoms with Gasteiger partial charge < -0.3 is 9.84 Å². The standard InChI is InChI=1S/C13H19NO4S/c1-2-14(11-3-4-11)19(16,17)13-7-5-12(6-8-13)18-10-9-15/h5-8,11,15H,2-4,9-10H2,1H3. The molecule has 0 unspecified atom stereocenters. The molecule has 19 heavy (non-hydrogen) atoms. The molecule has 0 spiro atoms. The zero-order valence-electron chi connectivity index (χ0n) is 10.9. The summed E-state index contributed by atoms with van der Waals surface area (Å²) in [6.07, 6.45) is 1.90. The van der Waals surface area contributed by atoms with Crippen LogP contribution in [0.3, 0.4) is 0 Å². The van der Waals surface area contributed by atoms with Crippen molar-refractivity contribution in [2.75, 3.05) is 19.8 Å². The van der Waals surface area contributed by atoms with Crippen molar-refractivity contribution in [3.05, 3.63) is 24.3 Å². The van der Waals surface area contributed by atoms with E-state index in [2.05, 4.69) is 0 Å². The second-order valence-electron chi connectivity index (χ2n) is 4.48. The predicted molar refractivity (Wildman–Crippen MR) is 71.6 cm³/mol. The van der Waals surface area contributed by atoms with Gasteiger partial charge in [-0.1, -0.05) is 6.92 Å². The highest BCUT2D eigenvalue weighted by Gasteiger charge is 2.36. The van der Waals surface area contributed by atoms with Gasteiger partial charge in [-0.3, -0.25) is 0 Å². The number of sulfonamides is 1. The Hall–Kier alpha value is -1.11. The summed E-state index contributed by atoms with van der Waals surface area (Å²) in [6.45, 7) is 2.49. The molecule has 1 aliphatic carbocycles. The van der Waals surface area contributed by atoms with E-state index in [0.29, 0.717) is 12.3 Å². The van der Waals surface area contributed by atoms with Crippen molar-refractivity contribution in [3.8, 4) is 5.75 Å². The zero-order chi connectivity index (χ0) is 13.9. The lowest BCUT2D eigenvalue weighted by atomic mass is 10.3. The summed E-state index contributed by atoms with van der Waals surface area (Å²) in [5.41, 5.74) is 0. The first kappa shape index (κ1) is 14.3. The summed E-state index contributed by atoms with van der Waals surface area (Å²) in [4.78, 5) is 0.289. The number of hydrogen-bond acceptors (Lipinski definition) is 4. The number of nitrogens with zero attached hydrogens (tertiary/aromatic N) is 1. The normalized spacial score (nSPS) is 15.7. The number of hydrogen-bond donors (Lipinski definition) is 1. The maximum absolute atomic E-state index is 12.4. The summed E-state index contributed by atoms with van der Waals surface area (Å²) < 4.78 is 31.6. The van der Waals surface area contributed by atoms with Crippen LogP contribution in [0.25, 0.3) is 0 Å². The molecular weight excluding hydrogens is 266 g/mol. The van der Waals surface area contributed by atoms with Crippen LogP contribution in [0.15, 0.2) is 29.2 Å². The van der Waals surface area contributed by atoms with Crippen molar-refractivity contribution in [1.82, 2.24) is 4.31 Å². The minimum atomic E-state index is -3.40. The van der Waals surface area contributed by atoms with Crippen LogP contribution in [0.1, 0.15) is 19.8 Å². The number of ether oxygens (including phenoxy) is 1. The second-order valence-corrected chi connectivity index (χ2v) is 6.37. The molecule has 6 heteroatoms. The van der Waals surface area contributed by atoms with Gasteiger partial charge in [-0.05, 0) is 37.1 Å². The predicted octanol–water partition coefficient (Wildman–Crippen LogP) is 1.23. The molecule has 0 amide bonds. The Morgan fingerprint density at radius 2 is 1.95 bits per heavy atom. The lowest BCUT2D eigenvalue weighted by Crippen LogP contribution is -2.32. The number of benzene rings is 1. The van der Waals surface area contributed by atoms with Gasteiger partial charge in [0, 0.05) is 12.6 Å². The molecule has 1 N–H and O–H groups in total. The van der Waals surface area contributed by atoms with Crippen LogP contribution < -0.4 is 4.74 Å². The minimum Gasteiger partial charge on any atom is -0.491 e. The van der Waals surface area contributed by atoms with Crippen molar-refractivity contribution in [3.63, 3.8) is 0 Å². The maximum Gasteiger partial charge on any atom is 0.243 e. The summed E-state index contributed by atoms with van der Waals surface area (Å²) in [6, 6.07) is 6.49. The lowest BCUT2D eigenvalue weighted by Gasteiger charge is -2.20. The van der Waals surface area contributed by atoms with E-state index in [1.165, 1.54) is 0 Å². The molecule has 0 saturated heterocycles. The summed E-state index contributed by atoms with van der Waals surface area (Å²) >= 11 is 0. The molecule has 0 radical (unpaired) electrons. The molecule has 5 nitrogen and oxygen atoms in total. The van der Waals surface area contributed by atoms with Crippen molar-refractivity contribution >= 4 is 10.0 Å². The van der Waals surface area contributed by atoms with E-state index in [4.69, 9.17) is 9.84 Å². The molecule has 2 rings (SSSR count). The molecule has 0 atom stereocenters. The minimum absolute atomic E-state index is 0.0641. The number of aliphatic hydroxyl groups excluding tert-OH is 1.